The molecule has 3 rings (SSSR count). The predicted octanol–water partition coefficient (Wildman–Crippen LogP) is 3.23. The van der Waals surface area contributed by atoms with Crippen LogP contribution in [0.2, 0.25) is 0 Å². The zero-order chi connectivity index (χ0) is 15.7. The van der Waals surface area contributed by atoms with E-state index >= 15 is 0 Å². The van der Waals surface area contributed by atoms with Crippen LogP contribution in [0.4, 0.5) is 0 Å². The standard InChI is InChI=1S/C18H17NO3/c1-19(2)10-14-16(20)9-8-13-17(21)15(11-22-18(13)14)12-6-4-3-5-7-12/h3-9,11,20H,10H2,1-2H3. The molecule has 1 aromatic heterocycles. The van der Waals surface area contributed by atoms with E-state index in [1.54, 1.807) is 12.1 Å². The Bertz CT molecular complexity index is 867. The summed E-state index contributed by atoms with van der Waals surface area (Å²) in [5, 5.41) is 10.5. The van der Waals surface area contributed by atoms with Gasteiger partial charge in [0.15, 0.2) is 0 Å². The first-order chi connectivity index (χ1) is 10.6. The maximum Gasteiger partial charge on any atom is 0.200 e. The summed E-state index contributed by atoms with van der Waals surface area (Å²) in [5.74, 6) is 0.136. The maximum atomic E-state index is 12.7. The average Bonchev–Trinajstić information content (AvgIpc) is 2.51. The molecule has 1 N–H and O–H groups in total. The fraction of sp³-hybridized carbons (Fsp3) is 0.167. The van der Waals surface area contributed by atoms with Crippen LogP contribution in [-0.4, -0.2) is 24.1 Å². The van der Waals surface area contributed by atoms with Crippen LogP contribution >= 0.6 is 0 Å². The predicted molar refractivity (Wildman–Crippen MR) is 87.0 cm³/mol. The Morgan fingerprint density at radius 2 is 1.82 bits per heavy atom. The highest BCUT2D eigenvalue weighted by Crippen LogP contribution is 2.28. The molecule has 2 aromatic carbocycles. The van der Waals surface area contributed by atoms with Crippen LogP contribution in [0.5, 0.6) is 5.75 Å². The molecule has 0 radical (unpaired) electrons. The first kappa shape index (κ1) is 14.4. The summed E-state index contributed by atoms with van der Waals surface area (Å²) in [6.45, 7) is 0.497. The van der Waals surface area contributed by atoms with Gasteiger partial charge in [-0.15, -0.1) is 0 Å². The normalized spacial score (nSPS) is 11.2. The Kier molecular flexibility index (Phi) is 3.69. The van der Waals surface area contributed by atoms with Crippen LogP contribution in [-0.2, 0) is 6.54 Å². The maximum absolute atomic E-state index is 12.7. The lowest BCUT2D eigenvalue weighted by Crippen LogP contribution is -2.12. The first-order valence-corrected chi connectivity index (χ1v) is 7.04. The molecule has 0 amide bonds. The van der Waals surface area contributed by atoms with Crippen molar-refractivity contribution in [1.82, 2.24) is 4.90 Å². The minimum Gasteiger partial charge on any atom is -0.507 e. The molecule has 0 unspecified atom stereocenters. The second-order valence-corrected chi connectivity index (χ2v) is 5.52. The molecule has 0 aliphatic carbocycles. The summed E-state index contributed by atoms with van der Waals surface area (Å²) in [6, 6.07) is 12.6. The Labute approximate surface area is 128 Å². The molecule has 0 saturated carbocycles. The molecule has 4 heteroatoms. The highest BCUT2D eigenvalue weighted by molar-refractivity contribution is 5.85. The average molecular weight is 295 g/mol. The van der Waals surface area contributed by atoms with Crippen molar-refractivity contribution in [3.63, 3.8) is 0 Å². The van der Waals surface area contributed by atoms with Gasteiger partial charge in [0.1, 0.15) is 17.6 Å². The van der Waals surface area contributed by atoms with E-state index in [0.717, 1.165) is 5.56 Å². The van der Waals surface area contributed by atoms with Crippen molar-refractivity contribution in [2.45, 2.75) is 6.54 Å². The second kappa shape index (κ2) is 5.66. The van der Waals surface area contributed by atoms with Crippen molar-refractivity contribution in [3.05, 3.63) is 64.5 Å². The fourth-order valence-electron chi connectivity index (χ4n) is 2.53. The van der Waals surface area contributed by atoms with Gasteiger partial charge in [-0.05, 0) is 31.8 Å². The number of fused-ring (bicyclic) bond motifs is 1. The van der Waals surface area contributed by atoms with Crippen molar-refractivity contribution in [1.29, 1.82) is 0 Å². The summed E-state index contributed by atoms with van der Waals surface area (Å²) in [5.41, 5.74) is 2.32. The van der Waals surface area contributed by atoms with E-state index in [1.807, 2.05) is 49.3 Å². The van der Waals surface area contributed by atoms with E-state index in [4.69, 9.17) is 4.42 Å². The molecule has 0 aliphatic heterocycles. The summed E-state index contributed by atoms with van der Waals surface area (Å²) in [7, 11) is 3.80. The molecule has 112 valence electrons. The quantitative estimate of drug-likeness (QED) is 0.806. The molecule has 0 saturated heterocycles. The topological polar surface area (TPSA) is 53.7 Å². The van der Waals surface area contributed by atoms with E-state index in [-0.39, 0.29) is 11.2 Å². The number of phenolic OH excluding ortho intramolecular Hbond substituents is 1. The van der Waals surface area contributed by atoms with E-state index < -0.39 is 0 Å². The SMILES string of the molecule is CN(C)Cc1c(O)ccc2c(=O)c(-c3ccccc3)coc12. The van der Waals surface area contributed by atoms with Crippen molar-refractivity contribution in [2.24, 2.45) is 0 Å². The lowest BCUT2D eigenvalue weighted by molar-refractivity contribution is 0.384. The zero-order valence-electron chi connectivity index (χ0n) is 12.5. The number of benzene rings is 2. The number of phenols is 1. The molecule has 1 heterocycles. The lowest BCUT2D eigenvalue weighted by Gasteiger charge is -2.13. The van der Waals surface area contributed by atoms with Gasteiger partial charge in [-0.3, -0.25) is 4.79 Å². The van der Waals surface area contributed by atoms with Crippen LogP contribution in [0, 0.1) is 0 Å². The molecular weight excluding hydrogens is 278 g/mol. The third-order valence-corrected chi connectivity index (χ3v) is 3.58. The Hall–Kier alpha value is -2.59. The van der Waals surface area contributed by atoms with Gasteiger partial charge < -0.3 is 14.4 Å². The van der Waals surface area contributed by atoms with Crippen LogP contribution in [0.15, 0.2) is 57.9 Å². The van der Waals surface area contributed by atoms with Gasteiger partial charge in [0.05, 0.1) is 16.5 Å². The lowest BCUT2D eigenvalue weighted by atomic mass is 10.0. The zero-order valence-corrected chi connectivity index (χ0v) is 12.5. The van der Waals surface area contributed by atoms with Gasteiger partial charge in [-0.1, -0.05) is 30.3 Å². The molecule has 0 bridgehead atoms. The molecule has 4 nitrogen and oxygen atoms in total. The minimum absolute atomic E-state index is 0.0903. The largest absolute Gasteiger partial charge is 0.507 e. The van der Waals surface area contributed by atoms with Crippen molar-refractivity contribution < 1.29 is 9.52 Å². The van der Waals surface area contributed by atoms with E-state index in [2.05, 4.69) is 0 Å². The number of aromatic hydroxyl groups is 1. The van der Waals surface area contributed by atoms with Crippen LogP contribution < -0.4 is 5.43 Å². The monoisotopic (exact) mass is 295 g/mol. The van der Waals surface area contributed by atoms with Crippen LogP contribution in [0.1, 0.15) is 5.56 Å². The van der Waals surface area contributed by atoms with Gasteiger partial charge in [-0.2, -0.15) is 0 Å². The van der Waals surface area contributed by atoms with Crippen LogP contribution in [0.25, 0.3) is 22.1 Å². The van der Waals surface area contributed by atoms with Gasteiger partial charge >= 0.3 is 0 Å². The van der Waals surface area contributed by atoms with Gasteiger partial charge in [-0.25, -0.2) is 0 Å². The highest BCUT2D eigenvalue weighted by atomic mass is 16.3. The molecule has 0 spiro atoms. The summed E-state index contributed by atoms with van der Waals surface area (Å²) >= 11 is 0. The Balaban J connectivity index is 2.25. The molecule has 0 aliphatic rings. The Morgan fingerprint density at radius 3 is 2.50 bits per heavy atom. The van der Waals surface area contributed by atoms with E-state index in [9.17, 15) is 9.90 Å². The highest BCUT2D eigenvalue weighted by Gasteiger charge is 2.15. The van der Waals surface area contributed by atoms with Gasteiger partial charge in [0.2, 0.25) is 5.43 Å². The number of rotatable bonds is 3. The van der Waals surface area contributed by atoms with Crippen molar-refractivity contribution in [3.8, 4) is 16.9 Å². The summed E-state index contributed by atoms with van der Waals surface area (Å²) < 4.78 is 5.70. The Morgan fingerprint density at radius 1 is 1.09 bits per heavy atom. The minimum atomic E-state index is -0.0903. The van der Waals surface area contributed by atoms with E-state index in [0.29, 0.717) is 28.6 Å². The molecule has 0 atom stereocenters. The molecule has 3 aromatic rings. The van der Waals surface area contributed by atoms with Gasteiger partial charge in [0.25, 0.3) is 0 Å². The number of nitrogens with zero attached hydrogens (tertiary/aromatic N) is 1. The summed E-state index contributed by atoms with van der Waals surface area (Å²) in [6.07, 6.45) is 1.47. The first-order valence-electron chi connectivity index (χ1n) is 7.04. The molecule has 0 fully saturated rings. The van der Waals surface area contributed by atoms with Crippen LogP contribution in [0.3, 0.4) is 0 Å². The van der Waals surface area contributed by atoms with Crippen molar-refractivity contribution >= 4 is 11.0 Å². The van der Waals surface area contributed by atoms with Gasteiger partial charge in [0, 0.05) is 6.54 Å². The summed E-state index contributed by atoms with van der Waals surface area (Å²) in [4.78, 5) is 14.6. The van der Waals surface area contributed by atoms with E-state index in [1.165, 1.54) is 6.26 Å². The molecule has 22 heavy (non-hydrogen) atoms. The fourth-order valence-corrected chi connectivity index (χ4v) is 2.53. The number of hydrogen-bond donors (Lipinski definition) is 1. The smallest absolute Gasteiger partial charge is 0.200 e. The number of hydrogen-bond acceptors (Lipinski definition) is 4. The van der Waals surface area contributed by atoms with Crippen molar-refractivity contribution in [2.75, 3.05) is 14.1 Å². The second-order valence-electron chi connectivity index (χ2n) is 5.52. The third kappa shape index (κ3) is 2.49. The third-order valence-electron chi connectivity index (χ3n) is 3.58. The molecular formula is C18H17NO3.